The maximum absolute atomic E-state index is 9.58. The molecule has 0 saturated carbocycles. The van der Waals surface area contributed by atoms with Gasteiger partial charge in [-0.1, -0.05) is 20.8 Å². The van der Waals surface area contributed by atoms with Crippen LogP contribution in [0.15, 0.2) is 0 Å². The van der Waals surface area contributed by atoms with Crippen LogP contribution >= 0.6 is 0 Å². The molecule has 0 amide bonds. The molecule has 1 N–H and O–H groups in total. The average Bonchev–Trinajstić information content (AvgIpc) is 2.83. The van der Waals surface area contributed by atoms with Crippen molar-refractivity contribution in [2.75, 3.05) is 13.2 Å². The highest BCUT2D eigenvalue weighted by atomic mass is 16.6. The summed E-state index contributed by atoms with van der Waals surface area (Å²) >= 11 is 0. The first-order valence-corrected chi connectivity index (χ1v) is 4.47. The number of ether oxygens (including phenoxy) is 2. The fourth-order valence-corrected chi connectivity index (χ4v) is 0.763. The highest BCUT2D eigenvalue weighted by Gasteiger charge is 2.30. The van der Waals surface area contributed by atoms with E-state index in [1.165, 1.54) is 0 Å². The molecule has 3 heteroatoms. The molecule has 0 aromatic heterocycles. The van der Waals surface area contributed by atoms with Gasteiger partial charge in [0.25, 0.3) is 0 Å². The van der Waals surface area contributed by atoms with Gasteiger partial charge in [-0.15, -0.1) is 0 Å². The molecule has 1 aliphatic rings. The van der Waals surface area contributed by atoms with Gasteiger partial charge in [-0.25, -0.2) is 0 Å². The fraction of sp³-hybridized carbons (Fsp3) is 1.00. The van der Waals surface area contributed by atoms with E-state index in [4.69, 9.17) is 9.47 Å². The lowest BCUT2D eigenvalue weighted by molar-refractivity contribution is -0.167. The van der Waals surface area contributed by atoms with Crippen molar-refractivity contribution in [3.05, 3.63) is 0 Å². The van der Waals surface area contributed by atoms with Gasteiger partial charge in [-0.3, -0.25) is 0 Å². The van der Waals surface area contributed by atoms with E-state index in [9.17, 15) is 5.11 Å². The Morgan fingerprint density at radius 2 is 2.25 bits per heavy atom. The molecule has 0 aromatic rings. The van der Waals surface area contributed by atoms with Gasteiger partial charge in [0, 0.05) is 5.41 Å². The first-order chi connectivity index (χ1) is 5.56. The molecular weight excluding hydrogens is 156 g/mol. The minimum Gasteiger partial charge on any atom is -0.371 e. The Labute approximate surface area is 73.7 Å². The molecule has 0 spiro atoms. The summed E-state index contributed by atoms with van der Waals surface area (Å²) in [5.41, 5.74) is -0.158. The van der Waals surface area contributed by atoms with E-state index in [1.807, 2.05) is 20.8 Å². The largest absolute Gasteiger partial charge is 0.371 e. The maximum atomic E-state index is 9.58. The molecule has 0 radical (unpaired) electrons. The highest BCUT2D eigenvalue weighted by molar-refractivity contribution is 4.72. The van der Waals surface area contributed by atoms with Crippen molar-refractivity contribution in [2.24, 2.45) is 5.41 Å². The van der Waals surface area contributed by atoms with E-state index in [-0.39, 0.29) is 11.5 Å². The van der Waals surface area contributed by atoms with Crippen LogP contribution in [0.2, 0.25) is 0 Å². The zero-order chi connectivity index (χ0) is 9.19. The van der Waals surface area contributed by atoms with Crippen molar-refractivity contribution in [1.82, 2.24) is 0 Å². The van der Waals surface area contributed by atoms with Crippen molar-refractivity contribution in [3.63, 3.8) is 0 Å². The van der Waals surface area contributed by atoms with Gasteiger partial charge in [0.1, 0.15) is 6.10 Å². The van der Waals surface area contributed by atoms with E-state index in [2.05, 4.69) is 0 Å². The first kappa shape index (κ1) is 9.96. The number of epoxide rings is 1. The lowest BCUT2D eigenvalue weighted by Crippen LogP contribution is -2.32. The van der Waals surface area contributed by atoms with Gasteiger partial charge < -0.3 is 14.6 Å². The second-order valence-electron chi connectivity index (χ2n) is 3.98. The van der Waals surface area contributed by atoms with Crippen molar-refractivity contribution >= 4 is 0 Å². The third-order valence-corrected chi connectivity index (χ3v) is 2.42. The Bertz CT molecular complexity index is 141. The van der Waals surface area contributed by atoms with Gasteiger partial charge in [-0.2, -0.15) is 0 Å². The molecule has 1 rings (SSSR count). The Morgan fingerprint density at radius 3 is 2.67 bits per heavy atom. The Balaban J connectivity index is 2.20. The smallest absolute Gasteiger partial charge is 0.159 e. The molecule has 0 aliphatic carbocycles. The number of aliphatic hydroxyl groups excluding tert-OH is 1. The average molecular weight is 174 g/mol. The van der Waals surface area contributed by atoms with Crippen LogP contribution in [0.3, 0.4) is 0 Å². The molecule has 1 aliphatic heterocycles. The molecular formula is C9H18O3. The summed E-state index contributed by atoms with van der Waals surface area (Å²) in [5, 5.41) is 9.58. The lowest BCUT2D eigenvalue weighted by atomic mass is 9.89. The molecule has 0 aromatic carbocycles. The normalized spacial score (nSPS) is 25.5. The summed E-state index contributed by atoms with van der Waals surface area (Å²) in [6.45, 7) is 7.32. The summed E-state index contributed by atoms with van der Waals surface area (Å²) in [5.74, 6) is 0. The van der Waals surface area contributed by atoms with Crippen LogP contribution in [-0.4, -0.2) is 30.7 Å². The number of hydrogen-bond donors (Lipinski definition) is 1. The van der Waals surface area contributed by atoms with Crippen LogP contribution in [0.5, 0.6) is 0 Å². The SMILES string of the molecule is CCC(C)(C)C(O)OCC1CO1. The van der Waals surface area contributed by atoms with Gasteiger partial charge >= 0.3 is 0 Å². The topological polar surface area (TPSA) is 42.0 Å². The van der Waals surface area contributed by atoms with Crippen molar-refractivity contribution in [3.8, 4) is 0 Å². The van der Waals surface area contributed by atoms with Crippen molar-refractivity contribution in [2.45, 2.75) is 39.6 Å². The molecule has 1 heterocycles. The monoisotopic (exact) mass is 174 g/mol. The lowest BCUT2D eigenvalue weighted by Gasteiger charge is -2.28. The summed E-state index contributed by atoms with van der Waals surface area (Å²) in [4.78, 5) is 0. The van der Waals surface area contributed by atoms with Crippen LogP contribution < -0.4 is 0 Å². The molecule has 1 fully saturated rings. The van der Waals surface area contributed by atoms with Gasteiger partial charge in [0.15, 0.2) is 6.29 Å². The van der Waals surface area contributed by atoms with Crippen molar-refractivity contribution < 1.29 is 14.6 Å². The van der Waals surface area contributed by atoms with E-state index in [0.29, 0.717) is 6.61 Å². The van der Waals surface area contributed by atoms with Gasteiger partial charge in [-0.05, 0) is 6.42 Å². The Hall–Kier alpha value is -0.120. The maximum Gasteiger partial charge on any atom is 0.159 e. The third kappa shape index (κ3) is 2.73. The number of rotatable bonds is 5. The standard InChI is InChI=1S/C9H18O3/c1-4-9(2,3)8(10)12-6-7-5-11-7/h7-8,10H,4-6H2,1-3H3. The molecule has 2 atom stereocenters. The quantitative estimate of drug-likeness (QED) is 0.502. The minimum atomic E-state index is -0.674. The van der Waals surface area contributed by atoms with Gasteiger partial charge in [0.05, 0.1) is 13.2 Å². The van der Waals surface area contributed by atoms with Crippen LogP contribution in [0.4, 0.5) is 0 Å². The van der Waals surface area contributed by atoms with E-state index < -0.39 is 6.29 Å². The van der Waals surface area contributed by atoms with Crippen LogP contribution in [0, 0.1) is 5.41 Å². The fourth-order valence-electron chi connectivity index (χ4n) is 0.763. The van der Waals surface area contributed by atoms with E-state index in [1.54, 1.807) is 0 Å². The highest BCUT2D eigenvalue weighted by Crippen LogP contribution is 2.26. The zero-order valence-electron chi connectivity index (χ0n) is 8.04. The van der Waals surface area contributed by atoms with Crippen LogP contribution in [0.25, 0.3) is 0 Å². The van der Waals surface area contributed by atoms with E-state index in [0.717, 1.165) is 13.0 Å². The minimum absolute atomic E-state index is 0.158. The number of hydrogen-bond acceptors (Lipinski definition) is 3. The first-order valence-electron chi connectivity index (χ1n) is 4.47. The summed E-state index contributed by atoms with van der Waals surface area (Å²) in [6, 6.07) is 0. The zero-order valence-corrected chi connectivity index (χ0v) is 8.04. The summed E-state index contributed by atoms with van der Waals surface area (Å²) in [7, 11) is 0. The molecule has 2 unspecified atom stereocenters. The second kappa shape index (κ2) is 3.73. The van der Waals surface area contributed by atoms with Crippen LogP contribution in [0.1, 0.15) is 27.2 Å². The van der Waals surface area contributed by atoms with Crippen molar-refractivity contribution in [1.29, 1.82) is 0 Å². The molecule has 1 saturated heterocycles. The molecule has 0 bridgehead atoms. The molecule has 12 heavy (non-hydrogen) atoms. The molecule has 3 nitrogen and oxygen atoms in total. The van der Waals surface area contributed by atoms with Gasteiger partial charge in [0.2, 0.25) is 0 Å². The third-order valence-electron chi connectivity index (χ3n) is 2.42. The predicted octanol–water partition coefficient (Wildman–Crippen LogP) is 1.16. The summed E-state index contributed by atoms with van der Waals surface area (Å²) < 4.78 is 10.2. The Morgan fingerprint density at radius 1 is 1.67 bits per heavy atom. The van der Waals surface area contributed by atoms with E-state index >= 15 is 0 Å². The Kier molecular flexibility index (Phi) is 3.09. The number of aliphatic hydroxyl groups is 1. The summed E-state index contributed by atoms with van der Waals surface area (Å²) in [6.07, 6.45) is 0.457. The second-order valence-corrected chi connectivity index (χ2v) is 3.98. The molecule has 72 valence electrons. The predicted molar refractivity (Wildman–Crippen MR) is 45.8 cm³/mol. The van der Waals surface area contributed by atoms with Crippen LogP contribution in [-0.2, 0) is 9.47 Å².